The fourth-order valence-electron chi connectivity index (χ4n) is 1.35. The van der Waals surface area contributed by atoms with Crippen LogP contribution in [0.1, 0.15) is 12.8 Å². The molecule has 1 atom stereocenters. The van der Waals surface area contributed by atoms with Crippen molar-refractivity contribution in [2.45, 2.75) is 18.9 Å². The Morgan fingerprint density at radius 1 is 1.50 bits per heavy atom. The fraction of sp³-hybridized carbons (Fsp3) is 1.00. The molecular formula is C6H11NO. The second-order valence-electron chi connectivity index (χ2n) is 2.98. The van der Waals surface area contributed by atoms with E-state index in [4.69, 9.17) is 10.5 Å². The summed E-state index contributed by atoms with van der Waals surface area (Å²) >= 11 is 0. The number of rotatable bonds is 0. The Balaban J connectivity index is 2.12. The summed E-state index contributed by atoms with van der Waals surface area (Å²) in [5, 5.41) is 0. The standard InChI is InChI=1S/C6H11NO/c7-5-3-8-4-6(5)1-2-6/h5H,1-4,7H2/t5-/m1/s1. The summed E-state index contributed by atoms with van der Waals surface area (Å²) in [5.74, 6) is 0. The van der Waals surface area contributed by atoms with Gasteiger partial charge in [-0.15, -0.1) is 0 Å². The van der Waals surface area contributed by atoms with E-state index in [-0.39, 0.29) is 0 Å². The molecular weight excluding hydrogens is 102 g/mol. The van der Waals surface area contributed by atoms with Crippen molar-refractivity contribution in [1.29, 1.82) is 0 Å². The first-order valence-corrected chi connectivity index (χ1v) is 3.17. The van der Waals surface area contributed by atoms with E-state index >= 15 is 0 Å². The van der Waals surface area contributed by atoms with Gasteiger partial charge in [0.25, 0.3) is 0 Å². The zero-order valence-corrected chi connectivity index (χ0v) is 4.89. The minimum atomic E-state index is 0.350. The third-order valence-electron chi connectivity index (χ3n) is 2.37. The van der Waals surface area contributed by atoms with Gasteiger partial charge >= 0.3 is 0 Å². The predicted molar refractivity (Wildman–Crippen MR) is 30.5 cm³/mol. The molecule has 0 amide bonds. The van der Waals surface area contributed by atoms with Gasteiger partial charge in [-0.2, -0.15) is 0 Å². The molecule has 0 aromatic carbocycles. The summed E-state index contributed by atoms with van der Waals surface area (Å²) in [6.07, 6.45) is 2.60. The number of hydrogen-bond acceptors (Lipinski definition) is 2. The van der Waals surface area contributed by atoms with Crippen molar-refractivity contribution in [3.8, 4) is 0 Å². The van der Waals surface area contributed by atoms with Gasteiger partial charge in [-0.05, 0) is 12.8 Å². The smallest absolute Gasteiger partial charge is 0.0624 e. The van der Waals surface area contributed by atoms with Gasteiger partial charge < -0.3 is 10.5 Å². The van der Waals surface area contributed by atoms with Crippen LogP contribution in [0.5, 0.6) is 0 Å². The normalized spacial score (nSPS) is 40.9. The van der Waals surface area contributed by atoms with Gasteiger partial charge in [0.1, 0.15) is 0 Å². The van der Waals surface area contributed by atoms with Crippen LogP contribution in [0.2, 0.25) is 0 Å². The molecule has 1 spiro atoms. The van der Waals surface area contributed by atoms with Crippen LogP contribution in [0.4, 0.5) is 0 Å². The molecule has 2 aliphatic rings. The molecule has 8 heavy (non-hydrogen) atoms. The van der Waals surface area contributed by atoms with E-state index in [1.165, 1.54) is 12.8 Å². The predicted octanol–water partition coefficient (Wildman–Crippen LogP) is 0.124. The largest absolute Gasteiger partial charge is 0.379 e. The zero-order valence-electron chi connectivity index (χ0n) is 4.89. The third kappa shape index (κ3) is 0.446. The topological polar surface area (TPSA) is 35.2 Å². The number of hydrogen-bond donors (Lipinski definition) is 1. The Morgan fingerprint density at radius 3 is 2.50 bits per heavy atom. The van der Waals surface area contributed by atoms with Gasteiger partial charge in [0.15, 0.2) is 0 Å². The lowest BCUT2D eigenvalue weighted by molar-refractivity contribution is 0.181. The average Bonchev–Trinajstić information content (AvgIpc) is 2.39. The molecule has 1 aliphatic heterocycles. The molecule has 1 saturated heterocycles. The van der Waals surface area contributed by atoms with Crippen molar-refractivity contribution in [2.75, 3.05) is 13.2 Å². The van der Waals surface area contributed by atoms with Crippen molar-refractivity contribution in [1.82, 2.24) is 0 Å². The van der Waals surface area contributed by atoms with Crippen molar-refractivity contribution in [3.05, 3.63) is 0 Å². The quantitative estimate of drug-likeness (QED) is 0.484. The van der Waals surface area contributed by atoms with E-state index in [1.54, 1.807) is 0 Å². The van der Waals surface area contributed by atoms with Crippen LogP contribution in [-0.2, 0) is 4.74 Å². The molecule has 46 valence electrons. The summed E-state index contributed by atoms with van der Waals surface area (Å²) in [6.45, 7) is 1.72. The lowest BCUT2D eigenvalue weighted by Gasteiger charge is -2.07. The highest BCUT2D eigenvalue weighted by Gasteiger charge is 2.51. The lowest BCUT2D eigenvalue weighted by Crippen LogP contribution is -2.29. The van der Waals surface area contributed by atoms with Crippen LogP contribution in [-0.4, -0.2) is 19.3 Å². The van der Waals surface area contributed by atoms with Gasteiger partial charge in [0, 0.05) is 11.5 Å². The molecule has 0 aromatic rings. The van der Waals surface area contributed by atoms with Gasteiger partial charge in [0.05, 0.1) is 13.2 Å². The van der Waals surface area contributed by atoms with E-state index in [2.05, 4.69) is 0 Å². The van der Waals surface area contributed by atoms with E-state index in [1.807, 2.05) is 0 Å². The molecule has 0 bridgehead atoms. The maximum absolute atomic E-state index is 5.75. The van der Waals surface area contributed by atoms with Gasteiger partial charge in [-0.3, -0.25) is 0 Å². The summed E-state index contributed by atoms with van der Waals surface area (Å²) in [7, 11) is 0. The van der Waals surface area contributed by atoms with Gasteiger partial charge in [-0.1, -0.05) is 0 Å². The molecule has 2 nitrogen and oxygen atoms in total. The molecule has 2 rings (SSSR count). The highest BCUT2D eigenvalue weighted by Crippen LogP contribution is 2.50. The van der Waals surface area contributed by atoms with Crippen LogP contribution in [0.25, 0.3) is 0 Å². The first-order valence-electron chi connectivity index (χ1n) is 3.17. The molecule has 2 N–H and O–H groups in total. The van der Waals surface area contributed by atoms with Crippen molar-refractivity contribution < 1.29 is 4.74 Å². The number of ether oxygens (including phenoxy) is 1. The third-order valence-corrected chi connectivity index (χ3v) is 2.37. The van der Waals surface area contributed by atoms with Gasteiger partial charge in [-0.25, -0.2) is 0 Å². The fourth-order valence-corrected chi connectivity index (χ4v) is 1.35. The highest BCUT2D eigenvalue weighted by molar-refractivity contribution is 5.03. The molecule has 2 heteroatoms. The van der Waals surface area contributed by atoms with Crippen LogP contribution in [0, 0.1) is 5.41 Å². The lowest BCUT2D eigenvalue weighted by atomic mass is 10.0. The van der Waals surface area contributed by atoms with E-state index in [0.29, 0.717) is 11.5 Å². The molecule has 0 unspecified atom stereocenters. The Morgan fingerprint density at radius 2 is 2.25 bits per heavy atom. The van der Waals surface area contributed by atoms with E-state index < -0.39 is 0 Å². The van der Waals surface area contributed by atoms with Crippen molar-refractivity contribution in [3.63, 3.8) is 0 Å². The molecule has 0 radical (unpaired) electrons. The van der Waals surface area contributed by atoms with E-state index in [9.17, 15) is 0 Å². The summed E-state index contributed by atoms with van der Waals surface area (Å²) < 4.78 is 5.21. The first kappa shape index (κ1) is 4.77. The first-order chi connectivity index (χ1) is 3.83. The molecule has 0 aromatic heterocycles. The van der Waals surface area contributed by atoms with Gasteiger partial charge in [0.2, 0.25) is 0 Å². The van der Waals surface area contributed by atoms with E-state index in [0.717, 1.165) is 13.2 Å². The molecule has 1 aliphatic carbocycles. The maximum Gasteiger partial charge on any atom is 0.0624 e. The Kier molecular flexibility index (Phi) is 0.746. The SMILES string of the molecule is N[C@@H]1COCC12CC2. The molecule has 1 heterocycles. The van der Waals surface area contributed by atoms with Crippen molar-refractivity contribution in [2.24, 2.45) is 11.1 Å². The second-order valence-corrected chi connectivity index (χ2v) is 2.98. The van der Waals surface area contributed by atoms with Crippen LogP contribution >= 0.6 is 0 Å². The Labute approximate surface area is 49.0 Å². The maximum atomic E-state index is 5.75. The minimum absolute atomic E-state index is 0.350. The van der Waals surface area contributed by atoms with Crippen LogP contribution in [0.3, 0.4) is 0 Å². The summed E-state index contributed by atoms with van der Waals surface area (Å²) in [6, 6.07) is 0.350. The van der Waals surface area contributed by atoms with Crippen LogP contribution < -0.4 is 5.73 Å². The monoisotopic (exact) mass is 113 g/mol. The van der Waals surface area contributed by atoms with Crippen LogP contribution in [0.15, 0.2) is 0 Å². The average molecular weight is 113 g/mol. The number of nitrogens with two attached hydrogens (primary N) is 1. The Bertz CT molecular complexity index is 109. The van der Waals surface area contributed by atoms with Crippen molar-refractivity contribution >= 4 is 0 Å². The zero-order chi connectivity index (χ0) is 5.61. The second kappa shape index (κ2) is 1.25. The summed E-state index contributed by atoms with van der Waals surface area (Å²) in [4.78, 5) is 0. The summed E-state index contributed by atoms with van der Waals surface area (Å²) in [5.41, 5.74) is 6.21. The Hall–Kier alpha value is -0.0800. The highest BCUT2D eigenvalue weighted by atomic mass is 16.5. The molecule has 1 saturated carbocycles. The molecule has 2 fully saturated rings. The minimum Gasteiger partial charge on any atom is -0.379 e.